The van der Waals surface area contributed by atoms with Gasteiger partial charge in [0.25, 0.3) is 5.91 Å². The number of carbonyl (C=O) groups excluding carboxylic acids is 1. The second-order valence-electron chi connectivity index (χ2n) is 3.52. The molecule has 0 aliphatic rings. The van der Waals surface area contributed by atoms with Crippen LogP contribution in [0.4, 0.5) is 13.9 Å². The zero-order valence-electron chi connectivity index (χ0n) is 9.49. The van der Waals surface area contributed by atoms with Gasteiger partial charge in [0.2, 0.25) is 5.13 Å². The van der Waals surface area contributed by atoms with Gasteiger partial charge in [0.05, 0.1) is 0 Å². The second kappa shape index (κ2) is 6.16. The summed E-state index contributed by atoms with van der Waals surface area (Å²) in [5.74, 6) is -2.61. The molecule has 0 aliphatic carbocycles. The van der Waals surface area contributed by atoms with Crippen molar-refractivity contribution in [1.29, 1.82) is 0 Å². The van der Waals surface area contributed by atoms with Crippen LogP contribution >= 0.6 is 27.3 Å². The maximum atomic E-state index is 13.0. The summed E-state index contributed by atoms with van der Waals surface area (Å²) in [6.45, 7) is 0. The van der Waals surface area contributed by atoms with Gasteiger partial charge in [-0.3, -0.25) is 10.1 Å². The lowest BCUT2D eigenvalue weighted by atomic mass is 10.2. The highest BCUT2D eigenvalue weighted by atomic mass is 79.9. The summed E-state index contributed by atoms with van der Waals surface area (Å²) in [4.78, 5) is 11.8. The van der Waals surface area contributed by atoms with E-state index in [2.05, 4.69) is 31.4 Å². The van der Waals surface area contributed by atoms with E-state index in [0.29, 0.717) is 11.6 Å². The summed E-state index contributed by atoms with van der Waals surface area (Å²) in [5, 5.41) is 12.0. The van der Waals surface area contributed by atoms with Gasteiger partial charge in [-0.15, -0.1) is 10.2 Å². The Morgan fingerprint density at radius 2 is 2.11 bits per heavy atom. The third-order valence-corrected chi connectivity index (χ3v) is 3.47. The Bertz CT molecular complexity index is 605. The van der Waals surface area contributed by atoms with Gasteiger partial charge < -0.3 is 0 Å². The Kier molecular flexibility index (Phi) is 4.54. The van der Waals surface area contributed by atoms with Gasteiger partial charge in [0.15, 0.2) is 11.6 Å². The van der Waals surface area contributed by atoms with Crippen molar-refractivity contribution in [3.05, 3.63) is 40.4 Å². The highest BCUT2D eigenvalue weighted by molar-refractivity contribution is 9.09. The summed E-state index contributed by atoms with van der Waals surface area (Å²) in [6, 6.07) is 2.94. The number of hydrogen-bond donors (Lipinski definition) is 1. The summed E-state index contributed by atoms with van der Waals surface area (Å²) in [6.07, 6.45) is 0.707. The van der Waals surface area contributed by atoms with Crippen LogP contribution in [-0.4, -0.2) is 21.4 Å². The molecule has 0 fully saturated rings. The first-order valence-electron chi connectivity index (χ1n) is 5.25. The van der Waals surface area contributed by atoms with Gasteiger partial charge in [-0.1, -0.05) is 27.3 Å². The van der Waals surface area contributed by atoms with Crippen molar-refractivity contribution in [3.63, 3.8) is 0 Å². The van der Waals surface area contributed by atoms with E-state index in [4.69, 9.17) is 0 Å². The molecule has 4 nitrogen and oxygen atoms in total. The Morgan fingerprint density at radius 3 is 2.79 bits per heavy atom. The van der Waals surface area contributed by atoms with Gasteiger partial charge in [-0.25, -0.2) is 8.78 Å². The first kappa shape index (κ1) is 14.0. The quantitative estimate of drug-likeness (QED) is 0.865. The van der Waals surface area contributed by atoms with E-state index < -0.39 is 17.5 Å². The number of alkyl halides is 1. The van der Waals surface area contributed by atoms with Crippen LogP contribution in [0.1, 0.15) is 15.4 Å². The lowest BCUT2D eigenvalue weighted by Gasteiger charge is -2.01. The Balaban J connectivity index is 2.09. The fourth-order valence-corrected chi connectivity index (χ4v) is 2.66. The lowest BCUT2D eigenvalue weighted by Crippen LogP contribution is -2.12. The van der Waals surface area contributed by atoms with Crippen molar-refractivity contribution >= 4 is 38.3 Å². The number of rotatable bonds is 4. The minimum absolute atomic E-state index is 0.0242. The molecule has 1 amide bonds. The first-order valence-corrected chi connectivity index (χ1v) is 7.18. The maximum absolute atomic E-state index is 13.0. The maximum Gasteiger partial charge on any atom is 0.257 e. The number of aromatic nitrogens is 2. The van der Waals surface area contributed by atoms with Gasteiger partial charge in [-0.2, -0.15) is 0 Å². The van der Waals surface area contributed by atoms with Crippen LogP contribution in [0.3, 0.4) is 0 Å². The van der Waals surface area contributed by atoms with Crippen molar-refractivity contribution in [2.45, 2.75) is 6.42 Å². The van der Waals surface area contributed by atoms with E-state index in [1.54, 1.807) is 0 Å². The molecule has 19 heavy (non-hydrogen) atoms. The molecule has 0 aliphatic heterocycles. The van der Waals surface area contributed by atoms with Crippen LogP contribution in [0.5, 0.6) is 0 Å². The summed E-state index contributed by atoms with van der Waals surface area (Å²) < 4.78 is 25.7. The predicted molar refractivity (Wildman–Crippen MR) is 71.7 cm³/mol. The van der Waals surface area contributed by atoms with E-state index in [9.17, 15) is 13.6 Å². The zero-order valence-corrected chi connectivity index (χ0v) is 11.9. The summed E-state index contributed by atoms with van der Waals surface area (Å²) in [7, 11) is 0. The van der Waals surface area contributed by atoms with Crippen LogP contribution in [-0.2, 0) is 6.42 Å². The minimum atomic E-state index is -1.06. The normalized spacial score (nSPS) is 10.5. The molecule has 2 aromatic rings. The zero-order chi connectivity index (χ0) is 13.8. The third kappa shape index (κ3) is 3.54. The number of carbonyl (C=O) groups is 1. The average Bonchev–Trinajstić information content (AvgIpc) is 2.80. The lowest BCUT2D eigenvalue weighted by molar-refractivity contribution is 0.102. The molecule has 0 radical (unpaired) electrons. The number of anilines is 1. The van der Waals surface area contributed by atoms with Gasteiger partial charge in [-0.05, 0) is 18.2 Å². The van der Waals surface area contributed by atoms with E-state index in [0.717, 1.165) is 22.5 Å². The molecule has 0 atom stereocenters. The van der Waals surface area contributed by atoms with Gasteiger partial charge in [0.1, 0.15) is 5.01 Å². The van der Waals surface area contributed by atoms with Crippen molar-refractivity contribution in [2.24, 2.45) is 0 Å². The molecule has 1 N–H and O–H groups in total. The monoisotopic (exact) mass is 347 g/mol. The molecule has 0 saturated carbocycles. The molecular formula is C11H8BrF2N3OS. The highest BCUT2D eigenvalue weighted by Crippen LogP contribution is 2.17. The molecular weight excluding hydrogens is 340 g/mol. The number of nitrogens with one attached hydrogen (secondary N) is 1. The van der Waals surface area contributed by atoms with Crippen LogP contribution in [0.2, 0.25) is 0 Å². The number of halogens is 3. The third-order valence-electron chi connectivity index (χ3n) is 2.18. The molecule has 100 valence electrons. The fourth-order valence-electron chi connectivity index (χ4n) is 1.29. The van der Waals surface area contributed by atoms with Crippen LogP contribution in [0, 0.1) is 11.6 Å². The number of benzene rings is 1. The Hall–Kier alpha value is -1.41. The minimum Gasteiger partial charge on any atom is -0.296 e. The van der Waals surface area contributed by atoms with Crippen LogP contribution in [0.25, 0.3) is 0 Å². The summed E-state index contributed by atoms with van der Waals surface area (Å²) in [5.41, 5.74) is 0.0242. The molecule has 0 saturated heterocycles. The Labute approximate surface area is 120 Å². The smallest absolute Gasteiger partial charge is 0.257 e. The highest BCUT2D eigenvalue weighted by Gasteiger charge is 2.12. The van der Waals surface area contributed by atoms with Crippen molar-refractivity contribution in [2.75, 3.05) is 10.6 Å². The second-order valence-corrected chi connectivity index (χ2v) is 5.38. The molecule has 1 aromatic heterocycles. The van der Waals surface area contributed by atoms with Crippen molar-refractivity contribution in [3.8, 4) is 0 Å². The molecule has 0 spiro atoms. The number of aryl methyl sites for hydroxylation is 1. The predicted octanol–water partition coefficient (Wildman–Crippen LogP) is 3.01. The first-order chi connectivity index (χ1) is 9.10. The van der Waals surface area contributed by atoms with Crippen molar-refractivity contribution < 1.29 is 13.6 Å². The van der Waals surface area contributed by atoms with E-state index in [1.165, 1.54) is 17.4 Å². The average molecular weight is 348 g/mol. The van der Waals surface area contributed by atoms with Crippen LogP contribution < -0.4 is 5.32 Å². The van der Waals surface area contributed by atoms with Crippen LogP contribution in [0.15, 0.2) is 18.2 Å². The molecule has 0 unspecified atom stereocenters. The molecule has 2 rings (SSSR count). The Morgan fingerprint density at radius 1 is 1.32 bits per heavy atom. The summed E-state index contributed by atoms with van der Waals surface area (Å²) >= 11 is 4.51. The van der Waals surface area contributed by atoms with E-state index in [-0.39, 0.29) is 5.56 Å². The topological polar surface area (TPSA) is 54.9 Å². The van der Waals surface area contributed by atoms with E-state index >= 15 is 0 Å². The molecule has 1 aromatic carbocycles. The van der Waals surface area contributed by atoms with Gasteiger partial charge >= 0.3 is 0 Å². The van der Waals surface area contributed by atoms with Gasteiger partial charge in [0, 0.05) is 17.3 Å². The molecule has 8 heteroatoms. The number of amides is 1. The standard InChI is InChI=1S/C11H8BrF2N3OS/c12-4-3-9-16-17-11(19-9)15-10(18)6-1-2-7(13)8(14)5-6/h1-2,5H,3-4H2,(H,15,17,18). The van der Waals surface area contributed by atoms with E-state index in [1.807, 2.05) is 0 Å². The van der Waals surface area contributed by atoms with Crippen molar-refractivity contribution in [1.82, 2.24) is 10.2 Å². The molecule has 0 bridgehead atoms. The fraction of sp³-hybridized carbons (Fsp3) is 0.182. The number of hydrogen-bond acceptors (Lipinski definition) is 4. The SMILES string of the molecule is O=C(Nc1nnc(CCBr)s1)c1ccc(F)c(F)c1. The largest absolute Gasteiger partial charge is 0.296 e. The number of nitrogens with zero attached hydrogens (tertiary/aromatic N) is 2. The molecule has 1 heterocycles.